The van der Waals surface area contributed by atoms with Crippen molar-refractivity contribution in [2.45, 2.75) is 46.0 Å². The average Bonchev–Trinajstić information content (AvgIpc) is 1.99. The number of esters is 1. The Balaban J connectivity index is 0. The van der Waals surface area contributed by atoms with E-state index in [-0.39, 0.29) is 57.4 Å². The van der Waals surface area contributed by atoms with Crippen LogP contribution in [0.15, 0.2) is 0 Å². The number of rotatable bonds is 6. The molecular weight excluding hydrogens is 179 g/mol. The van der Waals surface area contributed by atoms with Gasteiger partial charge in [-0.25, -0.2) is 0 Å². The molecule has 0 heterocycles. The largest absolute Gasteiger partial charge is 0.466 e. The maximum Gasteiger partial charge on any atom is 0.305 e. The Hall–Kier alpha value is 1.11. The van der Waals surface area contributed by atoms with Crippen molar-refractivity contribution in [3.05, 3.63) is 0 Å². The summed E-state index contributed by atoms with van der Waals surface area (Å²) in [4.78, 5) is 10.8. The molecule has 0 aliphatic heterocycles. The minimum Gasteiger partial charge on any atom is -0.466 e. The molecule has 0 N–H and O–H groups in total. The van der Waals surface area contributed by atoms with E-state index in [4.69, 9.17) is 4.74 Å². The number of ether oxygens (including phenoxy) is 1. The molecular formula is C9H18KO2. The normalized spacial score (nSPS) is 8.83. The van der Waals surface area contributed by atoms with Gasteiger partial charge >= 0.3 is 5.97 Å². The molecule has 3 heteroatoms. The van der Waals surface area contributed by atoms with Crippen molar-refractivity contribution in [1.29, 1.82) is 0 Å². The van der Waals surface area contributed by atoms with Crippen LogP contribution in [0.5, 0.6) is 0 Å². The fraction of sp³-hybridized carbons (Fsp3) is 0.889. The van der Waals surface area contributed by atoms with Crippen LogP contribution in [0.25, 0.3) is 0 Å². The molecule has 0 aromatic carbocycles. The maximum absolute atomic E-state index is 10.8. The third kappa shape index (κ3) is 11.1. The van der Waals surface area contributed by atoms with Crippen molar-refractivity contribution in [3.8, 4) is 0 Å². The molecule has 0 aliphatic rings. The van der Waals surface area contributed by atoms with Crippen LogP contribution >= 0.6 is 0 Å². The molecule has 0 bridgehead atoms. The van der Waals surface area contributed by atoms with Gasteiger partial charge in [0.2, 0.25) is 0 Å². The van der Waals surface area contributed by atoms with Crippen LogP contribution < -0.4 is 0 Å². The van der Waals surface area contributed by atoms with E-state index in [2.05, 4.69) is 6.92 Å². The van der Waals surface area contributed by atoms with Crippen LogP contribution in [0.1, 0.15) is 46.0 Å². The van der Waals surface area contributed by atoms with Gasteiger partial charge in [0.25, 0.3) is 0 Å². The second kappa shape index (κ2) is 12.1. The molecule has 0 spiro atoms. The molecule has 0 saturated heterocycles. The van der Waals surface area contributed by atoms with Gasteiger partial charge in [-0.1, -0.05) is 26.2 Å². The van der Waals surface area contributed by atoms with E-state index in [1.54, 1.807) is 0 Å². The molecule has 0 unspecified atom stereocenters. The number of carbonyl (C=O) groups excluding carboxylic acids is 1. The smallest absolute Gasteiger partial charge is 0.305 e. The second-order valence-corrected chi connectivity index (χ2v) is 2.62. The van der Waals surface area contributed by atoms with Gasteiger partial charge in [0.1, 0.15) is 0 Å². The summed E-state index contributed by atoms with van der Waals surface area (Å²) in [6.45, 7) is 4.50. The zero-order valence-electron chi connectivity index (χ0n) is 8.56. The number of unbranched alkanes of at least 4 members (excludes halogenated alkanes) is 3. The average molecular weight is 197 g/mol. The summed E-state index contributed by atoms with van der Waals surface area (Å²) in [5.41, 5.74) is 0. The molecule has 0 aromatic heterocycles. The van der Waals surface area contributed by atoms with Crippen LogP contribution in [-0.2, 0) is 9.53 Å². The van der Waals surface area contributed by atoms with Gasteiger partial charge in [0.15, 0.2) is 0 Å². The minimum absolute atomic E-state index is 0. The summed E-state index contributed by atoms with van der Waals surface area (Å²) >= 11 is 0. The monoisotopic (exact) mass is 197 g/mol. The van der Waals surface area contributed by atoms with Crippen LogP contribution in [0.4, 0.5) is 0 Å². The first-order chi connectivity index (χ1) is 5.31. The zero-order chi connectivity index (χ0) is 8.53. The van der Waals surface area contributed by atoms with Crippen molar-refractivity contribution in [3.63, 3.8) is 0 Å². The van der Waals surface area contributed by atoms with E-state index in [9.17, 15) is 4.79 Å². The number of carbonyl (C=O) groups is 1. The fourth-order valence-electron chi connectivity index (χ4n) is 0.929. The predicted octanol–water partition coefficient (Wildman–Crippen LogP) is 2.14. The van der Waals surface area contributed by atoms with Crippen LogP contribution in [0.2, 0.25) is 0 Å². The first-order valence-electron chi connectivity index (χ1n) is 4.46. The fourth-order valence-corrected chi connectivity index (χ4v) is 0.929. The molecule has 67 valence electrons. The van der Waals surface area contributed by atoms with Crippen molar-refractivity contribution in [2.24, 2.45) is 0 Å². The van der Waals surface area contributed by atoms with E-state index in [0.29, 0.717) is 13.0 Å². The molecule has 2 nitrogen and oxygen atoms in total. The van der Waals surface area contributed by atoms with Crippen LogP contribution in [0.3, 0.4) is 0 Å². The van der Waals surface area contributed by atoms with Crippen LogP contribution in [-0.4, -0.2) is 64.0 Å². The molecule has 12 heavy (non-hydrogen) atoms. The Morgan fingerprint density at radius 2 is 1.83 bits per heavy atom. The SMILES string of the molecule is CCCCCCC(=O)OCC.[K]. The van der Waals surface area contributed by atoms with Crippen molar-refractivity contribution < 1.29 is 9.53 Å². The molecule has 1 radical (unpaired) electrons. The third-order valence-corrected chi connectivity index (χ3v) is 1.54. The van der Waals surface area contributed by atoms with Gasteiger partial charge < -0.3 is 4.74 Å². The van der Waals surface area contributed by atoms with E-state index in [1.807, 2.05) is 6.92 Å². The van der Waals surface area contributed by atoms with E-state index >= 15 is 0 Å². The van der Waals surface area contributed by atoms with Gasteiger partial charge in [-0.2, -0.15) is 0 Å². The second-order valence-electron chi connectivity index (χ2n) is 2.62. The minimum atomic E-state index is -0.0522. The van der Waals surface area contributed by atoms with E-state index < -0.39 is 0 Å². The van der Waals surface area contributed by atoms with Gasteiger partial charge in [0.05, 0.1) is 6.61 Å². The first-order valence-corrected chi connectivity index (χ1v) is 4.46. The van der Waals surface area contributed by atoms with E-state index in [0.717, 1.165) is 12.8 Å². The van der Waals surface area contributed by atoms with Crippen molar-refractivity contribution >= 4 is 57.4 Å². The summed E-state index contributed by atoms with van der Waals surface area (Å²) in [6, 6.07) is 0. The summed E-state index contributed by atoms with van der Waals surface area (Å²) in [5, 5.41) is 0. The van der Waals surface area contributed by atoms with Gasteiger partial charge in [0, 0.05) is 57.8 Å². The molecule has 0 fully saturated rings. The topological polar surface area (TPSA) is 26.3 Å². The molecule has 0 aromatic rings. The Morgan fingerprint density at radius 1 is 1.17 bits per heavy atom. The summed E-state index contributed by atoms with van der Waals surface area (Å²) in [7, 11) is 0. The zero-order valence-corrected chi connectivity index (χ0v) is 11.7. The Morgan fingerprint density at radius 3 is 2.33 bits per heavy atom. The Kier molecular flexibility index (Phi) is 15.7. The standard InChI is InChI=1S/C9H18O2.K/c1-3-5-6-7-8-9(10)11-4-2;/h3-8H2,1-2H3;. The summed E-state index contributed by atoms with van der Waals surface area (Å²) in [5.74, 6) is -0.0522. The van der Waals surface area contributed by atoms with Gasteiger partial charge in [-0.05, 0) is 13.3 Å². The van der Waals surface area contributed by atoms with Crippen molar-refractivity contribution in [1.82, 2.24) is 0 Å². The molecule has 0 atom stereocenters. The molecule has 0 rings (SSSR count). The van der Waals surface area contributed by atoms with Gasteiger partial charge in [-0.15, -0.1) is 0 Å². The predicted molar refractivity (Wildman–Crippen MR) is 51.1 cm³/mol. The van der Waals surface area contributed by atoms with Crippen LogP contribution in [0, 0.1) is 0 Å². The molecule has 0 amide bonds. The third-order valence-electron chi connectivity index (χ3n) is 1.54. The van der Waals surface area contributed by atoms with Crippen molar-refractivity contribution in [2.75, 3.05) is 6.61 Å². The quantitative estimate of drug-likeness (QED) is 0.370. The Bertz CT molecular complexity index is 105. The van der Waals surface area contributed by atoms with E-state index in [1.165, 1.54) is 12.8 Å². The van der Waals surface area contributed by atoms with Gasteiger partial charge in [-0.3, -0.25) is 4.79 Å². The summed E-state index contributed by atoms with van der Waals surface area (Å²) < 4.78 is 4.78. The number of hydrogen-bond donors (Lipinski definition) is 0. The number of hydrogen-bond acceptors (Lipinski definition) is 2. The first kappa shape index (κ1) is 15.6. The summed E-state index contributed by atoms with van der Waals surface area (Å²) in [6.07, 6.45) is 5.15. The maximum atomic E-state index is 10.8. The molecule has 0 aliphatic carbocycles. The molecule has 0 saturated carbocycles. The Labute approximate surface area is 118 Å².